The maximum atomic E-state index is 10.9. The molecule has 0 spiro atoms. The monoisotopic (exact) mass is 215 g/mol. The summed E-state index contributed by atoms with van der Waals surface area (Å²) in [6.07, 6.45) is 0.501. The summed E-state index contributed by atoms with van der Waals surface area (Å²) in [5, 5.41) is 0.700. The zero-order chi connectivity index (χ0) is 9.68. The first-order valence-corrected chi connectivity index (χ1v) is 5.13. The van der Waals surface area contributed by atoms with Gasteiger partial charge in [-0.25, -0.2) is 0 Å². The van der Waals surface area contributed by atoms with Crippen LogP contribution in [0.4, 0.5) is 0 Å². The average Bonchev–Trinajstić information content (AvgIpc) is 2.16. The Labute approximate surface area is 86.8 Å². The molecular weight excluding hydrogens is 206 g/mol. The second-order valence-electron chi connectivity index (χ2n) is 2.43. The highest BCUT2D eigenvalue weighted by Gasteiger charge is 1.97. The summed E-state index contributed by atoms with van der Waals surface area (Å²) in [5.74, 6) is 0.0277. The van der Waals surface area contributed by atoms with Crippen molar-refractivity contribution in [1.29, 1.82) is 0 Å². The number of hydrogen-bond donors (Lipinski definition) is 1. The Kier molecular flexibility index (Phi) is 4.12. The van der Waals surface area contributed by atoms with Crippen LogP contribution >= 0.6 is 23.5 Å². The van der Waals surface area contributed by atoms with Gasteiger partial charge in [0, 0.05) is 16.3 Å². The van der Waals surface area contributed by atoms with E-state index in [1.807, 2.05) is 19.1 Å². The molecule has 0 bridgehead atoms. The van der Waals surface area contributed by atoms with Gasteiger partial charge in [-0.1, -0.05) is 18.5 Å². The van der Waals surface area contributed by atoms with Gasteiger partial charge in [0.05, 0.1) is 0 Å². The van der Waals surface area contributed by atoms with Crippen LogP contribution in [-0.2, 0) is 4.79 Å². The van der Waals surface area contributed by atoms with Gasteiger partial charge in [-0.05, 0) is 36.2 Å². The Morgan fingerprint density at radius 3 is 2.62 bits per heavy atom. The molecule has 0 heterocycles. The van der Waals surface area contributed by atoms with E-state index in [2.05, 4.69) is 4.72 Å². The third kappa shape index (κ3) is 3.70. The van der Waals surface area contributed by atoms with E-state index in [4.69, 9.17) is 11.6 Å². The highest BCUT2D eigenvalue weighted by Crippen LogP contribution is 2.17. The van der Waals surface area contributed by atoms with Crippen molar-refractivity contribution in [2.24, 2.45) is 0 Å². The lowest BCUT2D eigenvalue weighted by atomic mass is 10.4. The molecule has 1 rings (SSSR count). The van der Waals surface area contributed by atoms with Crippen molar-refractivity contribution in [3.63, 3.8) is 0 Å². The third-order valence-corrected chi connectivity index (χ3v) is 2.51. The van der Waals surface area contributed by atoms with Gasteiger partial charge in [0.2, 0.25) is 5.91 Å². The van der Waals surface area contributed by atoms with Gasteiger partial charge in [-0.3, -0.25) is 9.52 Å². The number of amides is 1. The lowest BCUT2D eigenvalue weighted by Gasteiger charge is -2.01. The number of carbonyl (C=O) groups is 1. The molecule has 0 unspecified atom stereocenters. The Morgan fingerprint density at radius 2 is 2.08 bits per heavy atom. The molecule has 0 aromatic heterocycles. The van der Waals surface area contributed by atoms with E-state index in [1.165, 1.54) is 11.9 Å². The predicted molar refractivity (Wildman–Crippen MR) is 55.7 cm³/mol. The number of benzene rings is 1. The molecule has 13 heavy (non-hydrogen) atoms. The fourth-order valence-corrected chi connectivity index (χ4v) is 1.46. The molecule has 1 amide bonds. The van der Waals surface area contributed by atoms with Crippen LogP contribution in [0.3, 0.4) is 0 Å². The quantitative estimate of drug-likeness (QED) is 0.786. The molecule has 0 aliphatic rings. The van der Waals surface area contributed by atoms with Crippen molar-refractivity contribution in [3.05, 3.63) is 29.3 Å². The summed E-state index contributed by atoms with van der Waals surface area (Å²) in [5.41, 5.74) is 0. The summed E-state index contributed by atoms with van der Waals surface area (Å²) < 4.78 is 2.70. The summed E-state index contributed by atoms with van der Waals surface area (Å²) in [4.78, 5) is 11.9. The predicted octanol–water partition coefficient (Wildman–Crippen LogP) is 2.87. The number of halogens is 1. The van der Waals surface area contributed by atoms with Gasteiger partial charge in [0.25, 0.3) is 0 Å². The molecule has 1 aromatic rings. The number of carbonyl (C=O) groups excluding carboxylic acids is 1. The largest absolute Gasteiger partial charge is 0.296 e. The Morgan fingerprint density at radius 1 is 1.46 bits per heavy atom. The van der Waals surface area contributed by atoms with Crippen molar-refractivity contribution in [3.8, 4) is 0 Å². The van der Waals surface area contributed by atoms with Gasteiger partial charge in [-0.2, -0.15) is 0 Å². The van der Waals surface area contributed by atoms with Crippen LogP contribution in [-0.4, -0.2) is 5.91 Å². The molecule has 1 aromatic carbocycles. The minimum absolute atomic E-state index is 0.0277. The van der Waals surface area contributed by atoms with Crippen LogP contribution in [0.1, 0.15) is 13.3 Å². The highest BCUT2D eigenvalue weighted by molar-refractivity contribution is 7.98. The number of nitrogens with one attached hydrogen (secondary N) is 1. The first-order chi connectivity index (χ1) is 6.22. The first kappa shape index (κ1) is 10.4. The zero-order valence-corrected chi connectivity index (χ0v) is 8.78. The summed E-state index contributed by atoms with van der Waals surface area (Å²) in [6, 6.07) is 7.32. The van der Waals surface area contributed by atoms with E-state index in [0.29, 0.717) is 11.4 Å². The number of hydrogen-bond acceptors (Lipinski definition) is 2. The van der Waals surface area contributed by atoms with E-state index in [9.17, 15) is 4.79 Å². The highest BCUT2D eigenvalue weighted by atomic mass is 35.5. The molecule has 2 nitrogen and oxygen atoms in total. The standard InChI is InChI=1S/C9H10ClNOS/c1-2-9(12)11-13-8-5-3-7(10)4-6-8/h3-6H,2H2,1H3,(H,11,12). The van der Waals surface area contributed by atoms with E-state index in [1.54, 1.807) is 12.1 Å². The lowest BCUT2D eigenvalue weighted by Crippen LogP contribution is -2.13. The second-order valence-corrected chi connectivity index (χ2v) is 3.75. The molecule has 0 saturated carbocycles. The smallest absolute Gasteiger partial charge is 0.229 e. The zero-order valence-electron chi connectivity index (χ0n) is 7.21. The van der Waals surface area contributed by atoms with Gasteiger partial charge in [0.15, 0.2) is 0 Å². The molecule has 1 N–H and O–H groups in total. The SMILES string of the molecule is CCC(=O)NSc1ccc(Cl)cc1. The molecule has 0 radical (unpaired) electrons. The van der Waals surface area contributed by atoms with Crippen LogP contribution < -0.4 is 4.72 Å². The van der Waals surface area contributed by atoms with Gasteiger partial charge in [0.1, 0.15) is 0 Å². The molecule has 70 valence electrons. The second kappa shape index (κ2) is 5.14. The Bertz CT molecular complexity index is 286. The molecular formula is C9H10ClNOS. The maximum Gasteiger partial charge on any atom is 0.229 e. The van der Waals surface area contributed by atoms with E-state index < -0.39 is 0 Å². The summed E-state index contributed by atoms with van der Waals surface area (Å²) in [7, 11) is 0. The molecule has 0 aliphatic carbocycles. The molecule has 0 atom stereocenters. The van der Waals surface area contributed by atoms with E-state index >= 15 is 0 Å². The molecule has 4 heteroatoms. The van der Waals surface area contributed by atoms with E-state index in [-0.39, 0.29) is 5.91 Å². The van der Waals surface area contributed by atoms with Crippen LogP contribution in [0.5, 0.6) is 0 Å². The topological polar surface area (TPSA) is 29.1 Å². The molecule has 0 fully saturated rings. The van der Waals surface area contributed by atoms with Crippen molar-refractivity contribution in [2.75, 3.05) is 0 Å². The van der Waals surface area contributed by atoms with Gasteiger partial charge in [-0.15, -0.1) is 0 Å². The van der Waals surface area contributed by atoms with Gasteiger partial charge < -0.3 is 0 Å². The fourth-order valence-electron chi connectivity index (χ4n) is 0.691. The number of rotatable bonds is 3. The minimum Gasteiger partial charge on any atom is -0.296 e. The van der Waals surface area contributed by atoms with Crippen molar-refractivity contribution in [1.82, 2.24) is 4.72 Å². The van der Waals surface area contributed by atoms with Crippen LogP contribution in [0, 0.1) is 0 Å². The molecule has 0 aliphatic heterocycles. The van der Waals surface area contributed by atoms with Crippen molar-refractivity contribution in [2.45, 2.75) is 18.2 Å². The maximum absolute atomic E-state index is 10.9. The summed E-state index contributed by atoms with van der Waals surface area (Å²) in [6.45, 7) is 1.82. The molecule has 0 saturated heterocycles. The Hall–Kier alpha value is -0.670. The third-order valence-electron chi connectivity index (χ3n) is 1.42. The normalized spacial score (nSPS) is 9.69. The summed E-state index contributed by atoms with van der Waals surface area (Å²) >= 11 is 7.01. The van der Waals surface area contributed by atoms with Gasteiger partial charge >= 0.3 is 0 Å². The lowest BCUT2D eigenvalue weighted by molar-refractivity contribution is -0.118. The van der Waals surface area contributed by atoms with Crippen LogP contribution in [0.25, 0.3) is 0 Å². The van der Waals surface area contributed by atoms with Crippen molar-refractivity contribution >= 4 is 29.5 Å². The first-order valence-electron chi connectivity index (χ1n) is 3.93. The van der Waals surface area contributed by atoms with E-state index in [0.717, 1.165) is 4.90 Å². The van der Waals surface area contributed by atoms with Crippen molar-refractivity contribution < 1.29 is 4.79 Å². The average molecular weight is 216 g/mol. The van der Waals surface area contributed by atoms with Crippen LogP contribution in [0.15, 0.2) is 29.2 Å². The minimum atomic E-state index is 0.0277. The fraction of sp³-hybridized carbons (Fsp3) is 0.222. The van der Waals surface area contributed by atoms with Crippen LogP contribution in [0.2, 0.25) is 5.02 Å². The Balaban J connectivity index is 2.46.